The van der Waals surface area contributed by atoms with Crippen LogP contribution in [-0.4, -0.2) is 34.6 Å². The molecular weight excluding hydrogens is 293 g/mol. The molecule has 1 aliphatic heterocycles. The topological polar surface area (TPSA) is 36.1 Å². The molecule has 6 heteroatoms. The lowest BCUT2D eigenvalue weighted by molar-refractivity contribution is -0.195. The van der Waals surface area contributed by atoms with Gasteiger partial charge in [-0.3, -0.25) is 4.79 Å². The number of carbonyl (C=O) groups is 1. The first-order valence-corrected chi connectivity index (χ1v) is 7.38. The lowest BCUT2D eigenvalue weighted by Gasteiger charge is -2.36. The third-order valence-corrected chi connectivity index (χ3v) is 4.22. The number of benzene rings is 1. The molecule has 1 N–H and O–H groups in total. The minimum absolute atomic E-state index is 0.00310. The van der Waals surface area contributed by atoms with Crippen molar-refractivity contribution in [2.24, 2.45) is 0 Å². The number of aromatic nitrogens is 1. The van der Waals surface area contributed by atoms with Crippen LogP contribution in [0.5, 0.6) is 0 Å². The first-order valence-electron chi connectivity index (χ1n) is 7.38. The molecule has 0 radical (unpaired) electrons. The van der Waals surface area contributed by atoms with Gasteiger partial charge in [0.2, 0.25) is 5.91 Å². The lowest BCUT2D eigenvalue weighted by Crippen LogP contribution is -2.51. The van der Waals surface area contributed by atoms with Gasteiger partial charge in [-0.2, -0.15) is 13.2 Å². The Morgan fingerprint density at radius 1 is 1.27 bits per heavy atom. The maximum absolute atomic E-state index is 13.1. The summed E-state index contributed by atoms with van der Waals surface area (Å²) in [4.78, 5) is 16.4. The number of halogens is 3. The summed E-state index contributed by atoms with van der Waals surface area (Å²) in [5.74, 6) is -0.452. The zero-order valence-corrected chi connectivity index (χ0v) is 12.0. The summed E-state index contributed by atoms with van der Waals surface area (Å²) < 4.78 is 39.3. The van der Waals surface area contributed by atoms with Crippen LogP contribution in [-0.2, 0) is 11.2 Å². The van der Waals surface area contributed by atoms with Gasteiger partial charge in [0.1, 0.15) is 6.04 Å². The Hall–Kier alpha value is -1.98. The van der Waals surface area contributed by atoms with E-state index in [2.05, 4.69) is 4.98 Å². The van der Waals surface area contributed by atoms with E-state index in [4.69, 9.17) is 0 Å². The highest BCUT2D eigenvalue weighted by Gasteiger charge is 2.46. The molecule has 0 bridgehead atoms. The van der Waals surface area contributed by atoms with E-state index in [0.717, 1.165) is 21.4 Å². The zero-order valence-electron chi connectivity index (χ0n) is 12.0. The number of fused-ring (bicyclic) bond motifs is 1. The summed E-state index contributed by atoms with van der Waals surface area (Å²) in [6.07, 6.45) is -1.50. The van der Waals surface area contributed by atoms with Crippen molar-refractivity contribution in [2.45, 2.75) is 37.9 Å². The summed E-state index contributed by atoms with van der Waals surface area (Å²) in [5, 5.41) is 0.886. The van der Waals surface area contributed by atoms with Crippen LogP contribution in [0.4, 0.5) is 13.2 Å². The van der Waals surface area contributed by atoms with E-state index >= 15 is 0 Å². The van der Waals surface area contributed by atoms with Crippen molar-refractivity contribution in [3.8, 4) is 0 Å². The average molecular weight is 310 g/mol. The number of aromatic amines is 1. The number of para-hydroxylation sites is 1. The van der Waals surface area contributed by atoms with Gasteiger partial charge >= 0.3 is 6.18 Å². The fourth-order valence-electron chi connectivity index (χ4n) is 3.11. The molecule has 0 saturated carbocycles. The van der Waals surface area contributed by atoms with Crippen LogP contribution in [0, 0.1) is 0 Å². The van der Waals surface area contributed by atoms with Crippen molar-refractivity contribution in [1.82, 2.24) is 9.88 Å². The number of likely N-dealkylation sites (tertiary alicyclic amines) is 1. The molecule has 2 aromatic rings. The maximum atomic E-state index is 13.1. The van der Waals surface area contributed by atoms with Gasteiger partial charge in [-0.05, 0) is 30.9 Å². The van der Waals surface area contributed by atoms with Crippen LogP contribution >= 0.6 is 0 Å². The van der Waals surface area contributed by atoms with Crippen molar-refractivity contribution in [2.75, 3.05) is 6.54 Å². The minimum Gasteiger partial charge on any atom is -0.361 e. The number of rotatable bonds is 2. The fourth-order valence-corrected chi connectivity index (χ4v) is 3.11. The van der Waals surface area contributed by atoms with Gasteiger partial charge in [0, 0.05) is 23.6 Å². The standard InChI is InChI=1S/C16H17F3N2O/c17-16(18,19)14-7-3-4-8-21(14)15(22)9-11-10-20-13-6-2-1-5-12(11)13/h1-2,5-6,10,14,20H,3-4,7-9H2. The Morgan fingerprint density at radius 3 is 2.82 bits per heavy atom. The van der Waals surface area contributed by atoms with Crippen molar-refractivity contribution in [1.29, 1.82) is 0 Å². The van der Waals surface area contributed by atoms with Crippen LogP contribution in [0.1, 0.15) is 24.8 Å². The largest absolute Gasteiger partial charge is 0.408 e. The highest BCUT2D eigenvalue weighted by Crippen LogP contribution is 2.32. The SMILES string of the molecule is O=C(Cc1c[nH]c2ccccc12)N1CCCCC1C(F)(F)F. The fraction of sp³-hybridized carbons (Fsp3) is 0.438. The monoisotopic (exact) mass is 310 g/mol. The van der Waals surface area contributed by atoms with E-state index in [1.54, 1.807) is 6.20 Å². The van der Waals surface area contributed by atoms with Crippen molar-refractivity contribution < 1.29 is 18.0 Å². The number of nitrogens with one attached hydrogen (secondary N) is 1. The number of carbonyl (C=O) groups excluding carboxylic acids is 1. The quantitative estimate of drug-likeness (QED) is 0.903. The smallest absolute Gasteiger partial charge is 0.361 e. The van der Waals surface area contributed by atoms with Gasteiger partial charge < -0.3 is 9.88 Å². The minimum atomic E-state index is -4.35. The second kappa shape index (κ2) is 5.66. The van der Waals surface area contributed by atoms with Gasteiger partial charge in [-0.25, -0.2) is 0 Å². The first kappa shape index (κ1) is 14.9. The van der Waals surface area contributed by atoms with Crippen LogP contribution in [0.15, 0.2) is 30.5 Å². The Morgan fingerprint density at radius 2 is 2.05 bits per heavy atom. The summed E-state index contributed by atoms with van der Waals surface area (Å²) in [7, 11) is 0. The van der Waals surface area contributed by atoms with E-state index in [0.29, 0.717) is 12.8 Å². The molecule has 118 valence electrons. The zero-order chi connectivity index (χ0) is 15.7. The molecule has 1 unspecified atom stereocenters. The van der Waals surface area contributed by atoms with Crippen LogP contribution in [0.3, 0.4) is 0 Å². The van der Waals surface area contributed by atoms with Gasteiger partial charge in [0.25, 0.3) is 0 Å². The molecule has 0 aliphatic carbocycles. The lowest BCUT2D eigenvalue weighted by atomic mass is 10.00. The normalized spacial score (nSPS) is 19.6. The molecule has 1 amide bonds. The number of piperidine rings is 1. The van der Waals surface area contributed by atoms with E-state index in [1.807, 2.05) is 24.3 Å². The van der Waals surface area contributed by atoms with Crippen LogP contribution in [0.25, 0.3) is 10.9 Å². The summed E-state index contributed by atoms with van der Waals surface area (Å²) >= 11 is 0. The first-order chi connectivity index (χ1) is 10.5. The van der Waals surface area contributed by atoms with Crippen molar-refractivity contribution in [3.05, 3.63) is 36.0 Å². The number of hydrogen-bond donors (Lipinski definition) is 1. The Labute approximate surface area is 126 Å². The van der Waals surface area contributed by atoms with Gasteiger partial charge in [0.05, 0.1) is 6.42 Å². The van der Waals surface area contributed by atoms with Gasteiger partial charge in [-0.1, -0.05) is 18.2 Å². The van der Waals surface area contributed by atoms with E-state index in [-0.39, 0.29) is 19.4 Å². The molecule has 1 aliphatic rings. The van der Waals surface area contributed by atoms with E-state index in [1.165, 1.54) is 0 Å². The predicted molar refractivity (Wildman–Crippen MR) is 77.4 cm³/mol. The van der Waals surface area contributed by atoms with Gasteiger partial charge in [0.15, 0.2) is 0 Å². The maximum Gasteiger partial charge on any atom is 0.408 e. The molecule has 1 aromatic heterocycles. The molecule has 1 aromatic carbocycles. The molecule has 2 heterocycles. The van der Waals surface area contributed by atoms with E-state index < -0.39 is 18.1 Å². The van der Waals surface area contributed by atoms with Crippen LogP contribution in [0.2, 0.25) is 0 Å². The second-order valence-corrected chi connectivity index (χ2v) is 5.68. The van der Waals surface area contributed by atoms with Crippen LogP contribution < -0.4 is 0 Å². The number of nitrogens with zero attached hydrogens (tertiary/aromatic N) is 1. The van der Waals surface area contributed by atoms with Crippen molar-refractivity contribution in [3.63, 3.8) is 0 Å². The number of alkyl halides is 3. The number of hydrogen-bond acceptors (Lipinski definition) is 1. The third kappa shape index (κ3) is 2.82. The van der Waals surface area contributed by atoms with Crippen molar-refractivity contribution >= 4 is 16.8 Å². The molecule has 22 heavy (non-hydrogen) atoms. The Kier molecular flexibility index (Phi) is 3.85. The molecular formula is C16H17F3N2O. The number of H-pyrrole nitrogens is 1. The summed E-state index contributed by atoms with van der Waals surface area (Å²) in [5.41, 5.74) is 1.63. The Balaban J connectivity index is 1.81. The molecule has 0 spiro atoms. The summed E-state index contributed by atoms with van der Waals surface area (Å²) in [6.45, 7) is 0.186. The van der Waals surface area contributed by atoms with Gasteiger partial charge in [-0.15, -0.1) is 0 Å². The molecule has 1 atom stereocenters. The highest BCUT2D eigenvalue weighted by molar-refractivity contribution is 5.89. The number of amides is 1. The highest BCUT2D eigenvalue weighted by atomic mass is 19.4. The molecule has 1 fully saturated rings. The predicted octanol–water partition coefficient (Wildman–Crippen LogP) is 3.65. The summed E-state index contributed by atoms with van der Waals surface area (Å²) in [6, 6.07) is 5.83. The molecule has 3 nitrogen and oxygen atoms in total. The Bertz CT molecular complexity index is 677. The molecule has 3 rings (SSSR count). The second-order valence-electron chi connectivity index (χ2n) is 5.68. The average Bonchev–Trinajstić information content (AvgIpc) is 2.90. The molecule has 1 saturated heterocycles. The third-order valence-electron chi connectivity index (χ3n) is 4.22. The van der Waals surface area contributed by atoms with E-state index in [9.17, 15) is 18.0 Å².